The van der Waals surface area contributed by atoms with Crippen molar-refractivity contribution in [3.05, 3.63) is 39.6 Å². The summed E-state index contributed by atoms with van der Waals surface area (Å²) >= 11 is 0. The molecule has 0 radical (unpaired) electrons. The molecule has 0 bridgehead atoms. The fourth-order valence-electron chi connectivity index (χ4n) is 2.52. The van der Waals surface area contributed by atoms with E-state index < -0.39 is 10.0 Å². The van der Waals surface area contributed by atoms with Crippen molar-refractivity contribution in [2.75, 3.05) is 6.54 Å². The fourth-order valence-corrected chi connectivity index (χ4v) is 3.90. The molecule has 1 saturated carbocycles. The minimum Gasteiger partial charge on any atom is -0.281 e. The topological polar surface area (TPSA) is 110 Å². The third-order valence-electron chi connectivity index (χ3n) is 3.83. The quantitative estimate of drug-likeness (QED) is 0.795. The Hall–Kier alpha value is -2.00. The molecule has 1 fully saturated rings. The van der Waals surface area contributed by atoms with Crippen LogP contribution in [0.2, 0.25) is 0 Å². The summed E-state index contributed by atoms with van der Waals surface area (Å²) in [6.45, 7) is 3.56. The van der Waals surface area contributed by atoms with E-state index in [0.717, 1.165) is 18.5 Å². The maximum atomic E-state index is 12.3. The van der Waals surface area contributed by atoms with Gasteiger partial charge in [0.2, 0.25) is 10.0 Å². The fraction of sp³-hybridized carbons (Fsp3) is 0.500. The number of aromatic nitrogens is 4. The molecule has 0 aliphatic heterocycles. The predicted octanol–water partition coefficient (Wildman–Crippen LogP) is 0.439. The molecule has 3 rings (SSSR count). The van der Waals surface area contributed by atoms with Crippen molar-refractivity contribution in [1.82, 2.24) is 24.7 Å². The van der Waals surface area contributed by atoms with Crippen molar-refractivity contribution in [3.8, 4) is 0 Å². The highest BCUT2D eigenvalue weighted by Crippen LogP contribution is 2.38. The average Bonchev–Trinajstić information content (AvgIpc) is 3.26. The van der Waals surface area contributed by atoms with Crippen LogP contribution in [0, 0.1) is 13.8 Å². The molecule has 8 nitrogen and oxygen atoms in total. The highest BCUT2D eigenvalue weighted by atomic mass is 32.2. The summed E-state index contributed by atoms with van der Waals surface area (Å²) in [4.78, 5) is 12.0. The summed E-state index contributed by atoms with van der Waals surface area (Å²) in [7, 11) is -3.66. The van der Waals surface area contributed by atoms with E-state index >= 15 is 0 Å². The first kappa shape index (κ1) is 15.9. The van der Waals surface area contributed by atoms with Gasteiger partial charge in [-0.2, -0.15) is 10.2 Å². The molecule has 0 spiro atoms. The molecule has 124 valence electrons. The van der Waals surface area contributed by atoms with E-state index in [2.05, 4.69) is 20.0 Å². The molecule has 0 atom stereocenters. The van der Waals surface area contributed by atoms with Gasteiger partial charge in [0.25, 0.3) is 5.56 Å². The third kappa shape index (κ3) is 3.35. The molecule has 2 heterocycles. The van der Waals surface area contributed by atoms with Gasteiger partial charge in [-0.1, -0.05) is 0 Å². The van der Waals surface area contributed by atoms with E-state index in [0.29, 0.717) is 17.3 Å². The minimum atomic E-state index is -3.66. The second kappa shape index (κ2) is 5.89. The lowest BCUT2D eigenvalue weighted by Gasteiger charge is -2.09. The van der Waals surface area contributed by atoms with Crippen LogP contribution in [0.5, 0.6) is 0 Å². The number of nitrogens with one attached hydrogen (secondary N) is 2. The van der Waals surface area contributed by atoms with Crippen LogP contribution in [0.15, 0.2) is 21.8 Å². The number of rotatable bonds is 6. The van der Waals surface area contributed by atoms with Crippen LogP contribution in [0.25, 0.3) is 0 Å². The second-order valence-electron chi connectivity index (χ2n) is 5.75. The Morgan fingerprint density at radius 1 is 1.35 bits per heavy atom. The molecule has 23 heavy (non-hydrogen) atoms. The first-order chi connectivity index (χ1) is 10.9. The van der Waals surface area contributed by atoms with Gasteiger partial charge in [-0.25, -0.2) is 17.8 Å². The number of sulfonamides is 1. The molecule has 9 heteroatoms. The largest absolute Gasteiger partial charge is 0.281 e. The highest BCUT2D eigenvalue weighted by molar-refractivity contribution is 7.89. The molecule has 2 aromatic rings. The lowest BCUT2D eigenvalue weighted by atomic mass is 10.3. The van der Waals surface area contributed by atoms with Crippen LogP contribution in [0.4, 0.5) is 0 Å². The van der Waals surface area contributed by atoms with Gasteiger partial charge in [-0.3, -0.25) is 9.89 Å². The summed E-state index contributed by atoms with van der Waals surface area (Å²) in [5, 5.41) is 10.8. The molecule has 0 amide bonds. The van der Waals surface area contributed by atoms with Crippen LogP contribution in [0.1, 0.15) is 35.8 Å². The molecule has 2 aromatic heterocycles. The van der Waals surface area contributed by atoms with Crippen LogP contribution in [-0.4, -0.2) is 34.9 Å². The molecular formula is C14H19N5O3S. The minimum absolute atomic E-state index is 0.0907. The maximum Gasteiger partial charge on any atom is 0.266 e. The number of hydrogen-bond acceptors (Lipinski definition) is 5. The molecule has 2 N–H and O–H groups in total. The summed E-state index contributed by atoms with van der Waals surface area (Å²) in [6.07, 6.45) is 2.19. The van der Waals surface area contributed by atoms with E-state index in [9.17, 15) is 13.2 Å². The van der Waals surface area contributed by atoms with E-state index in [-0.39, 0.29) is 23.5 Å². The van der Waals surface area contributed by atoms with Gasteiger partial charge < -0.3 is 0 Å². The Morgan fingerprint density at radius 2 is 2.09 bits per heavy atom. The number of H-pyrrole nitrogens is 1. The Morgan fingerprint density at radius 3 is 2.70 bits per heavy atom. The SMILES string of the molecule is Cc1n[nH]c(C)c1S(=O)(=O)NCCn1nc(C2CC2)ccc1=O. The molecule has 0 unspecified atom stereocenters. The van der Waals surface area contributed by atoms with Crippen molar-refractivity contribution < 1.29 is 8.42 Å². The second-order valence-corrected chi connectivity index (χ2v) is 7.46. The van der Waals surface area contributed by atoms with Crippen LogP contribution >= 0.6 is 0 Å². The van der Waals surface area contributed by atoms with Crippen LogP contribution < -0.4 is 10.3 Å². The van der Waals surface area contributed by atoms with Crippen LogP contribution in [0.3, 0.4) is 0 Å². The highest BCUT2D eigenvalue weighted by Gasteiger charge is 2.26. The summed E-state index contributed by atoms with van der Waals surface area (Å²) in [5.74, 6) is 0.440. The summed E-state index contributed by atoms with van der Waals surface area (Å²) in [5.41, 5.74) is 1.57. The lowest BCUT2D eigenvalue weighted by Crippen LogP contribution is -2.32. The van der Waals surface area contributed by atoms with E-state index in [4.69, 9.17) is 0 Å². The standard InChI is InChI=1S/C14H19N5O3S/c1-9-14(10(2)17-16-9)23(21,22)15-7-8-19-13(20)6-5-12(18-19)11-3-4-11/h5-6,11,15H,3-4,7-8H2,1-2H3,(H,16,17). The maximum absolute atomic E-state index is 12.3. The number of aromatic amines is 1. The zero-order chi connectivity index (χ0) is 16.6. The van der Waals surface area contributed by atoms with E-state index in [1.54, 1.807) is 19.9 Å². The number of hydrogen-bond donors (Lipinski definition) is 2. The van der Waals surface area contributed by atoms with Gasteiger partial charge in [0.15, 0.2) is 0 Å². The Balaban J connectivity index is 1.70. The van der Waals surface area contributed by atoms with Crippen molar-refractivity contribution in [2.24, 2.45) is 0 Å². The van der Waals surface area contributed by atoms with Crippen molar-refractivity contribution in [3.63, 3.8) is 0 Å². The van der Waals surface area contributed by atoms with Crippen molar-refractivity contribution in [1.29, 1.82) is 0 Å². The van der Waals surface area contributed by atoms with E-state index in [1.807, 2.05) is 0 Å². The number of aryl methyl sites for hydroxylation is 2. The normalized spacial score (nSPS) is 15.0. The van der Waals surface area contributed by atoms with Gasteiger partial charge in [0.1, 0.15) is 4.90 Å². The Kier molecular flexibility index (Phi) is 4.07. The van der Waals surface area contributed by atoms with Gasteiger partial charge in [0.05, 0.1) is 23.6 Å². The smallest absolute Gasteiger partial charge is 0.266 e. The monoisotopic (exact) mass is 337 g/mol. The lowest BCUT2D eigenvalue weighted by molar-refractivity contribution is 0.540. The summed E-state index contributed by atoms with van der Waals surface area (Å²) < 4.78 is 28.4. The molecule has 1 aliphatic rings. The van der Waals surface area contributed by atoms with Gasteiger partial charge in [-0.15, -0.1) is 0 Å². The van der Waals surface area contributed by atoms with Crippen molar-refractivity contribution >= 4 is 10.0 Å². The van der Waals surface area contributed by atoms with Gasteiger partial charge >= 0.3 is 0 Å². The Bertz CT molecular complexity index is 861. The third-order valence-corrected chi connectivity index (χ3v) is 5.55. The predicted molar refractivity (Wildman–Crippen MR) is 83.7 cm³/mol. The first-order valence-electron chi connectivity index (χ1n) is 7.48. The van der Waals surface area contributed by atoms with Crippen LogP contribution in [-0.2, 0) is 16.6 Å². The zero-order valence-electron chi connectivity index (χ0n) is 13.0. The molecule has 0 saturated heterocycles. The molecular weight excluding hydrogens is 318 g/mol. The van der Waals surface area contributed by atoms with Gasteiger partial charge in [0, 0.05) is 18.5 Å². The van der Waals surface area contributed by atoms with E-state index in [1.165, 1.54) is 10.7 Å². The number of nitrogens with zero attached hydrogens (tertiary/aromatic N) is 3. The zero-order valence-corrected chi connectivity index (χ0v) is 13.9. The van der Waals surface area contributed by atoms with Crippen molar-refractivity contribution in [2.45, 2.75) is 44.0 Å². The first-order valence-corrected chi connectivity index (χ1v) is 8.96. The molecule has 1 aliphatic carbocycles. The average molecular weight is 337 g/mol. The Labute approximate surface area is 134 Å². The molecule has 0 aromatic carbocycles. The summed E-state index contributed by atoms with van der Waals surface area (Å²) in [6, 6.07) is 3.23. The van der Waals surface area contributed by atoms with Gasteiger partial charge in [-0.05, 0) is 32.8 Å².